The zero-order chi connectivity index (χ0) is 16.4. The molecule has 0 saturated carbocycles. The first kappa shape index (κ1) is 16.9. The molecule has 2 saturated heterocycles. The van der Waals surface area contributed by atoms with Crippen molar-refractivity contribution in [3.8, 4) is 0 Å². The molecule has 2 heterocycles. The van der Waals surface area contributed by atoms with Crippen LogP contribution in [-0.4, -0.2) is 48.0 Å². The summed E-state index contributed by atoms with van der Waals surface area (Å²) in [4.78, 5) is 0. The number of hydrogen-bond donors (Lipinski definition) is 1. The first-order valence-corrected chi connectivity index (χ1v) is 8.25. The second-order valence-electron chi connectivity index (χ2n) is 6.84. The van der Waals surface area contributed by atoms with Crippen molar-refractivity contribution in [2.24, 2.45) is 0 Å². The smallest absolute Gasteiger partial charge is 0.163 e. The van der Waals surface area contributed by atoms with Gasteiger partial charge in [0, 0.05) is 6.42 Å². The topological polar surface area (TPSA) is 57.2 Å². The summed E-state index contributed by atoms with van der Waals surface area (Å²) in [5.41, 5.74) is 1.08. The van der Waals surface area contributed by atoms with E-state index in [-0.39, 0.29) is 18.3 Å². The lowest BCUT2D eigenvalue weighted by molar-refractivity contribution is -0.182. The van der Waals surface area contributed by atoms with Crippen molar-refractivity contribution in [3.63, 3.8) is 0 Å². The van der Waals surface area contributed by atoms with Crippen LogP contribution in [0.25, 0.3) is 0 Å². The summed E-state index contributed by atoms with van der Waals surface area (Å²) in [6.45, 7) is 6.62. The molecule has 0 aliphatic carbocycles. The average Bonchev–Trinajstić information content (AvgIpc) is 3.03. The highest BCUT2D eigenvalue weighted by Crippen LogP contribution is 2.32. The molecular formula is C18H26O5. The predicted molar refractivity (Wildman–Crippen MR) is 84.9 cm³/mol. The molecule has 0 radical (unpaired) electrons. The van der Waals surface area contributed by atoms with Gasteiger partial charge in [-0.05, 0) is 26.3 Å². The van der Waals surface area contributed by atoms with Crippen LogP contribution >= 0.6 is 0 Å². The quantitative estimate of drug-likeness (QED) is 0.901. The van der Waals surface area contributed by atoms with E-state index in [1.807, 2.05) is 51.1 Å². The molecule has 5 heteroatoms. The van der Waals surface area contributed by atoms with Gasteiger partial charge >= 0.3 is 0 Å². The summed E-state index contributed by atoms with van der Waals surface area (Å²) in [6.07, 6.45) is -0.912. The van der Waals surface area contributed by atoms with Gasteiger partial charge in [0.2, 0.25) is 0 Å². The monoisotopic (exact) mass is 322 g/mol. The Labute approximate surface area is 137 Å². The predicted octanol–water partition coefficient (Wildman–Crippen LogP) is 2.26. The van der Waals surface area contributed by atoms with Gasteiger partial charge in [0.15, 0.2) is 5.79 Å². The van der Waals surface area contributed by atoms with Crippen molar-refractivity contribution in [1.29, 1.82) is 0 Å². The second kappa shape index (κ2) is 6.87. The van der Waals surface area contributed by atoms with Crippen LogP contribution in [0.5, 0.6) is 0 Å². The Bertz CT molecular complexity index is 503. The van der Waals surface area contributed by atoms with Crippen LogP contribution in [0.4, 0.5) is 0 Å². The third kappa shape index (κ3) is 4.11. The number of aliphatic hydroxyl groups is 1. The molecule has 128 valence electrons. The Balaban J connectivity index is 1.71. The fourth-order valence-electron chi connectivity index (χ4n) is 3.24. The number of benzene rings is 1. The van der Waals surface area contributed by atoms with Crippen molar-refractivity contribution in [2.75, 3.05) is 6.61 Å². The van der Waals surface area contributed by atoms with E-state index in [9.17, 15) is 5.11 Å². The van der Waals surface area contributed by atoms with Gasteiger partial charge in [0.1, 0.15) is 18.3 Å². The molecular weight excluding hydrogens is 296 g/mol. The molecule has 1 unspecified atom stereocenters. The Hall–Kier alpha value is -0.980. The normalized spacial score (nSPS) is 34.6. The highest BCUT2D eigenvalue weighted by molar-refractivity contribution is 5.13. The molecule has 1 aromatic carbocycles. The van der Waals surface area contributed by atoms with Gasteiger partial charge in [0.25, 0.3) is 0 Å². The van der Waals surface area contributed by atoms with E-state index in [2.05, 4.69) is 0 Å². The first-order chi connectivity index (χ1) is 10.9. The molecule has 3 rings (SSSR count). The molecule has 5 nitrogen and oxygen atoms in total. The second-order valence-corrected chi connectivity index (χ2v) is 6.84. The summed E-state index contributed by atoms with van der Waals surface area (Å²) in [5, 5.41) is 10.3. The number of ether oxygens (including phenoxy) is 4. The molecule has 2 fully saturated rings. The molecule has 2 aliphatic rings. The zero-order valence-corrected chi connectivity index (χ0v) is 14.0. The van der Waals surface area contributed by atoms with Gasteiger partial charge < -0.3 is 24.1 Å². The maximum Gasteiger partial charge on any atom is 0.163 e. The minimum atomic E-state index is -0.631. The largest absolute Gasteiger partial charge is 0.390 e. The van der Waals surface area contributed by atoms with Crippen LogP contribution in [0.2, 0.25) is 0 Å². The molecule has 1 N–H and O–H groups in total. The number of rotatable bonds is 5. The summed E-state index contributed by atoms with van der Waals surface area (Å²) in [7, 11) is 0. The molecule has 0 bridgehead atoms. The summed E-state index contributed by atoms with van der Waals surface area (Å²) < 4.78 is 23.6. The van der Waals surface area contributed by atoms with Crippen molar-refractivity contribution in [1.82, 2.24) is 0 Å². The van der Waals surface area contributed by atoms with Gasteiger partial charge in [0.05, 0.1) is 25.4 Å². The maximum absolute atomic E-state index is 10.3. The van der Waals surface area contributed by atoms with Crippen LogP contribution in [-0.2, 0) is 25.6 Å². The van der Waals surface area contributed by atoms with Crippen LogP contribution in [0.15, 0.2) is 30.3 Å². The fraction of sp³-hybridized carbons (Fsp3) is 0.667. The maximum atomic E-state index is 10.3. The highest BCUT2D eigenvalue weighted by Gasteiger charge is 2.46. The third-order valence-corrected chi connectivity index (χ3v) is 4.35. The lowest BCUT2D eigenvalue weighted by Crippen LogP contribution is -2.46. The van der Waals surface area contributed by atoms with Crippen LogP contribution in [0.3, 0.4) is 0 Å². The molecule has 0 amide bonds. The Morgan fingerprint density at radius 2 is 2.04 bits per heavy atom. The lowest BCUT2D eigenvalue weighted by atomic mass is 10.0. The van der Waals surface area contributed by atoms with Crippen LogP contribution in [0.1, 0.15) is 32.8 Å². The van der Waals surface area contributed by atoms with Gasteiger partial charge in [-0.3, -0.25) is 0 Å². The van der Waals surface area contributed by atoms with Crippen molar-refractivity contribution < 1.29 is 24.1 Å². The van der Waals surface area contributed by atoms with Gasteiger partial charge in [-0.15, -0.1) is 0 Å². The zero-order valence-electron chi connectivity index (χ0n) is 14.0. The van der Waals surface area contributed by atoms with Gasteiger partial charge in [-0.1, -0.05) is 30.3 Å². The van der Waals surface area contributed by atoms with E-state index in [4.69, 9.17) is 18.9 Å². The highest BCUT2D eigenvalue weighted by atomic mass is 16.8. The number of aliphatic hydroxyl groups excluding tert-OH is 1. The first-order valence-electron chi connectivity index (χ1n) is 8.25. The van der Waals surface area contributed by atoms with E-state index in [0.29, 0.717) is 19.6 Å². The summed E-state index contributed by atoms with van der Waals surface area (Å²) in [6, 6.07) is 9.97. The van der Waals surface area contributed by atoms with Crippen LogP contribution in [0, 0.1) is 0 Å². The minimum absolute atomic E-state index is 0.0214. The molecule has 23 heavy (non-hydrogen) atoms. The Morgan fingerprint density at radius 3 is 2.61 bits per heavy atom. The van der Waals surface area contributed by atoms with Crippen molar-refractivity contribution in [3.05, 3.63) is 35.9 Å². The van der Waals surface area contributed by atoms with E-state index in [0.717, 1.165) is 5.56 Å². The molecule has 0 spiro atoms. The number of hydrogen-bond acceptors (Lipinski definition) is 5. The van der Waals surface area contributed by atoms with Crippen molar-refractivity contribution >= 4 is 0 Å². The molecule has 0 aromatic heterocycles. The third-order valence-electron chi connectivity index (χ3n) is 4.35. The summed E-state index contributed by atoms with van der Waals surface area (Å²) >= 11 is 0. The van der Waals surface area contributed by atoms with E-state index in [1.165, 1.54) is 0 Å². The van der Waals surface area contributed by atoms with Gasteiger partial charge in [-0.25, -0.2) is 0 Å². The minimum Gasteiger partial charge on any atom is -0.390 e. The van der Waals surface area contributed by atoms with E-state index in [1.54, 1.807) is 0 Å². The lowest BCUT2D eigenvalue weighted by Gasteiger charge is -2.30. The van der Waals surface area contributed by atoms with E-state index < -0.39 is 18.0 Å². The SMILES string of the molecule is CC1C[C@H](O)[C@H]([C@H](OCc2ccccc2)[C@@H]2COC(C)(C)O2)O1. The molecule has 2 aliphatic heterocycles. The van der Waals surface area contributed by atoms with Crippen LogP contribution < -0.4 is 0 Å². The standard InChI is InChI=1S/C18H26O5/c1-12-9-14(19)16(22-12)17(15-11-21-18(2,3)23-15)20-10-13-7-5-4-6-8-13/h4-8,12,14-17,19H,9-11H2,1-3H3/t12?,14-,15-,16+,17+/m0/s1. The molecule has 5 atom stereocenters. The fourth-order valence-corrected chi connectivity index (χ4v) is 3.24. The molecule has 1 aromatic rings. The Morgan fingerprint density at radius 1 is 1.30 bits per heavy atom. The summed E-state index contributed by atoms with van der Waals surface area (Å²) in [5.74, 6) is -0.631. The van der Waals surface area contributed by atoms with E-state index >= 15 is 0 Å². The van der Waals surface area contributed by atoms with Gasteiger partial charge in [-0.2, -0.15) is 0 Å². The Kier molecular flexibility index (Phi) is 5.04. The van der Waals surface area contributed by atoms with Crippen molar-refractivity contribution in [2.45, 2.75) is 70.1 Å². The average molecular weight is 322 g/mol.